The summed E-state index contributed by atoms with van der Waals surface area (Å²) in [6, 6.07) is 7.98. The van der Waals surface area contributed by atoms with Gasteiger partial charge in [-0.3, -0.25) is 5.32 Å². The number of amides is 1. The Morgan fingerprint density at radius 3 is 2.56 bits per heavy atom. The van der Waals surface area contributed by atoms with Gasteiger partial charge in [-0.15, -0.1) is 21.5 Å². The van der Waals surface area contributed by atoms with E-state index in [2.05, 4.69) is 35.4 Å². The van der Waals surface area contributed by atoms with E-state index in [1.165, 1.54) is 0 Å². The molecule has 0 saturated heterocycles. The summed E-state index contributed by atoms with van der Waals surface area (Å²) in [7, 11) is 0. The normalized spacial score (nSPS) is 18.3. The molecule has 1 heterocycles. The van der Waals surface area contributed by atoms with E-state index < -0.39 is 11.7 Å². The summed E-state index contributed by atoms with van der Waals surface area (Å²) in [6.07, 6.45) is 1.60. The van der Waals surface area contributed by atoms with Crippen LogP contribution in [-0.4, -0.2) is 21.9 Å². The quantitative estimate of drug-likeness (QED) is 0.838. The standard InChI is InChI=1S/C19H25N3O2S/c1-17(2,3)24-16(23)21-14-8-6-7-13(9-14)19(10-18(4,5)11-19)15-22-20-12-25-15/h6-9,12H,10-11H2,1-5H3,(H,21,23). The molecule has 0 atom stereocenters. The molecule has 3 rings (SSSR count). The highest BCUT2D eigenvalue weighted by Crippen LogP contribution is 2.59. The monoisotopic (exact) mass is 359 g/mol. The topological polar surface area (TPSA) is 64.1 Å². The first-order chi connectivity index (χ1) is 11.6. The van der Waals surface area contributed by atoms with Crippen molar-refractivity contribution >= 4 is 23.1 Å². The number of ether oxygens (including phenoxy) is 1. The van der Waals surface area contributed by atoms with Gasteiger partial charge in [0.2, 0.25) is 0 Å². The number of benzene rings is 1. The smallest absolute Gasteiger partial charge is 0.412 e. The minimum absolute atomic E-state index is 0.115. The SMILES string of the molecule is CC1(C)CC(c2cccc(NC(=O)OC(C)(C)C)c2)(c2nncs2)C1. The molecule has 1 aromatic carbocycles. The van der Waals surface area contributed by atoms with Gasteiger partial charge in [-0.25, -0.2) is 4.79 Å². The predicted molar refractivity (Wildman–Crippen MR) is 100 cm³/mol. The second-order valence-electron chi connectivity index (χ2n) is 8.55. The summed E-state index contributed by atoms with van der Waals surface area (Å²) in [5, 5.41) is 12.3. The van der Waals surface area contributed by atoms with Crippen molar-refractivity contribution in [2.45, 2.75) is 58.5 Å². The van der Waals surface area contributed by atoms with Crippen molar-refractivity contribution in [3.05, 3.63) is 40.3 Å². The number of carbonyl (C=O) groups excluding carboxylic acids is 1. The lowest BCUT2D eigenvalue weighted by molar-refractivity contribution is 0.0635. The van der Waals surface area contributed by atoms with E-state index in [9.17, 15) is 4.79 Å². The van der Waals surface area contributed by atoms with Crippen LogP contribution in [0.1, 0.15) is 58.0 Å². The van der Waals surface area contributed by atoms with Gasteiger partial charge >= 0.3 is 6.09 Å². The van der Waals surface area contributed by atoms with E-state index in [0.717, 1.165) is 29.1 Å². The Labute approximate surface area is 152 Å². The van der Waals surface area contributed by atoms with Gasteiger partial charge in [-0.1, -0.05) is 26.0 Å². The van der Waals surface area contributed by atoms with E-state index in [4.69, 9.17) is 4.74 Å². The van der Waals surface area contributed by atoms with E-state index in [0.29, 0.717) is 0 Å². The van der Waals surface area contributed by atoms with Gasteiger partial charge in [-0.2, -0.15) is 0 Å². The molecule has 6 heteroatoms. The van der Waals surface area contributed by atoms with Gasteiger partial charge in [0.05, 0.1) is 5.41 Å². The third-order valence-electron chi connectivity index (χ3n) is 4.39. The molecule has 2 aromatic rings. The maximum Gasteiger partial charge on any atom is 0.412 e. The summed E-state index contributed by atoms with van der Waals surface area (Å²) < 4.78 is 5.34. The van der Waals surface area contributed by atoms with Crippen molar-refractivity contribution < 1.29 is 9.53 Å². The average molecular weight is 359 g/mol. The van der Waals surface area contributed by atoms with E-state index >= 15 is 0 Å². The maximum atomic E-state index is 12.1. The Kier molecular flexibility index (Phi) is 4.35. The predicted octanol–water partition coefficient (Wildman–Crippen LogP) is 4.99. The number of aromatic nitrogens is 2. The van der Waals surface area contributed by atoms with Crippen LogP contribution in [0.25, 0.3) is 0 Å². The Balaban J connectivity index is 1.86. The van der Waals surface area contributed by atoms with Crippen molar-refractivity contribution in [1.82, 2.24) is 10.2 Å². The first-order valence-corrected chi connectivity index (χ1v) is 9.35. The molecule has 1 N–H and O–H groups in total. The lowest BCUT2D eigenvalue weighted by Crippen LogP contribution is -2.47. The third-order valence-corrected chi connectivity index (χ3v) is 5.29. The van der Waals surface area contributed by atoms with Crippen LogP contribution in [0.3, 0.4) is 0 Å². The van der Waals surface area contributed by atoms with Gasteiger partial charge < -0.3 is 4.74 Å². The zero-order chi connectivity index (χ0) is 18.3. The third kappa shape index (κ3) is 3.84. The number of carbonyl (C=O) groups is 1. The molecular weight excluding hydrogens is 334 g/mol. The molecule has 0 bridgehead atoms. The summed E-state index contributed by atoms with van der Waals surface area (Å²) in [6.45, 7) is 10.1. The number of hydrogen-bond donors (Lipinski definition) is 1. The van der Waals surface area contributed by atoms with Crippen molar-refractivity contribution in [3.63, 3.8) is 0 Å². The molecule has 1 saturated carbocycles. The van der Waals surface area contributed by atoms with Crippen LogP contribution >= 0.6 is 11.3 Å². The van der Waals surface area contributed by atoms with Crippen molar-refractivity contribution in [2.24, 2.45) is 5.41 Å². The number of hydrogen-bond acceptors (Lipinski definition) is 5. The second kappa shape index (κ2) is 6.09. The fourth-order valence-corrected chi connectivity index (χ4v) is 4.53. The Morgan fingerprint density at radius 2 is 2.00 bits per heavy atom. The van der Waals surface area contributed by atoms with Crippen LogP contribution in [0.15, 0.2) is 29.8 Å². The zero-order valence-electron chi connectivity index (χ0n) is 15.4. The fourth-order valence-electron chi connectivity index (χ4n) is 3.76. The molecule has 1 aliphatic rings. The minimum atomic E-state index is -0.520. The van der Waals surface area contributed by atoms with Crippen molar-refractivity contribution in [2.75, 3.05) is 5.32 Å². The molecule has 1 fully saturated rings. The Bertz CT molecular complexity index is 755. The fraction of sp³-hybridized carbons (Fsp3) is 0.526. The summed E-state index contributed by atoms with van der Waals surface area (Å²) in [4.78, 5) is 12.1. The average Bonchev–Trinajstić information content (AvgIpc) is 2.96. The molecule has 25 heavy (non-hydrogen) atoms. The van der Waals surface area contributed by atoms with E-state index in [1.807, 2.05) is 39.0 Å². The molecule has 1 aromatic heterocycles. The second-order valence-corrected chi connectivity index (χ2v) is 9.38. The zero-order valence-corrected chi connectivity index (χ0v) is 16.2. The largest absolute Gasteiger partial charge is 0.444 e. The molecule has 1 amide bonds. The number of rotatable bonds is 3. The molecule has 134 valence electrons. The molecule has 0 radical (unpaired) electrons. The Morgan fingerprint density at radius 1 is 1.28 bits per heavy atom. The lowest BCUT2D eigenvalue weighted by atomic mass is 9.52. The first kappa shape index (κ1) is 17.9. The summed E-state index contributed by atoms with van der Waals surface area (Å²) in [5.41, 5.74) is 3.33. The molecule has 0 unspecified atom stereocenters. The minimum Gasteiger partial charge on any atom is -0.444 e. The highest BCUT2D eigenvalue weighted by Gasteiger charge is 2.53. The van der Waals surface area contributed by atoms with Crippen LogP contribution in [0, 0.1) is 5.41 Å². The van der Waals surface area contributed by atoms with Crippen LogP contribution in [0.2, 0.25) is 0 Å². The van der Waals surface area contributed by atoms with Crippen LogP contribution < -0.4 is 5.32 Å². The molecule has 5 nitrogen and oxygen atoms in total. The molecular formula is C19H25N3O2S. The van der Waals surface area contributed by atoms with Gasteiger partial charge in [0.1, 0.15) is 16.1 Å². The van der Waals surface area contributed by atoms with Crippen molar-refractivity contribution in [1.29, 1.82) is 0 Å². The van der Waals surface area contributed by atoms with Gasteiger partial charge in [0, 0.05) is 5.69 Å². The van der Waals surface area contributed by atoms with Gasteiger partial charge in [-0.05, 0) is 56.7 Å². The molecule has 0 spiro atoms. The van der Waals surface area contributed by atoms with Gasteiger partial charge in [0.15, 0.2) is 0 Å². The highest BCUT2D eigenvalue weighted by atomic mass is 32.1. The highest BCUT2D eigenvalue weighted by molar-refractivity contribution is 7.09. The van der Waals surface area contributed by atoms with E-state index in [-0.39, 0.29) is 10.8 Å². The number of nitrogens with one attached hydrogen (secondary N) is 1. The van der Waals surface area contributed by atoms with Crippen LogP contribution in [0.4, 0.5) is 10.5 Å². The first-order valence-electron chi connectivity index (χ1n) is 8.47. The Hall–Kier alpha value is -1.95. The molecule has 1 aliphatic carbocycles. The van der Waals surface area contributed by atoms with Crippen LogP contribution in [-0.2, 0) is 10.2 Å². The number of anilines is 1. The number of nitrogens with zero attached hydrogens (tertiary/aromatic N) is 2. The van der Waals surface area contributed by atoms with Crippen molar-refractivity contribution in [3.8, 4) is 0 Å². The maximum absolute atomic E-state index is 12.1. The summed E-state index contributed by atoms with van der Waals surface area (Å²) >= 11 is 1.59. The van der Waals surface area contributed by atoms with E-state index in [1.54, 1.807) is 16.8 Å². The van der Waals surface area contributed by atoms with Crippen LogP contribution in [0.5, 0.6) is 0 Å². The van der Waals surface area contributed by atoms with Gasteiger partial charge in [0.25, 0.3) is 0 Å². The summed E-state index contributed by atoms with van der Waals surface area (Å²) in [5.74, 6) is 0. The lowest BCUT2D eigenvalue weighted by Gasteiger charge is -2.52. The molecule has 0 aliphatic heterocycles.